The second-order valence-electron chi connectivity index (χ2n) is 2.80. The largest absolute Gasteiger partial charge is 0.496 e. The predicted molar refractivity (Wildman–Crippen MR) is 51.6 cm³/mol. The minimum atomic E-state index is 0.899. The third-order valence-electron chi connectivity index (χ3n) is 1.85. The number of methoxy groups -OCH3 is 1. The van der Waals surface area contributed by atoms with Crippen molar-refractivity contribution in [1.29, 1.82) is 0 Å². The molecule has 1 nitrogen and oxygen atoms in total. The van der Waals surface area contributed by atoms with Crippen LogP contribution in [-0.2, 0) is 6.42 Å². The maximum Gasteiger partial charge on any atom is 0.122 e. The zero-order valence-corrected chi connectivity index (χ0v) is 7.63. The minimum Gasteiger partial charge on any atom is -0.496 e. The van der Waals surface area contributed by atoms with Crippen LogP contribution in [0.15, 0.2) is 30.9 Å². The fourth-order valence-electron chi connectivity index (χ4n) is 1.16. The first kappa shape index (κ1) is 8.85. The molecule has 0 saturated carbocycles. The summed E-state index contributed by atoms with van der Waals surface area (Å²) in [6.45, 7) is 5.73. The highest BCUT2D eigenvalue weighted by Gasteiger charge is 1.97. The molecule has 64 valence electrons. The van der Waals surface area contributed by atoms with Crippen LogP contribution < -0.4 is 4.74 Å². The van der Waals surface area contributed by atoms with Gasteiger partial charge in [-0.3, -0.25) is 0 Å². The molecule has 1 aromatic rings. The third kappa shape index (κ3) is 1.88. The molecule has 0 aliphatic carbocycles. The van der Waals surface area contributed by atoms with Crippen molar-refractivity contribution in [2.24, 2.45) is 0 Å². The highest BCUT2D eigenvalue weighted by Crippen LogP contribution is 2.19. The molecule has 0 atom stereocenters. The van der Waals surface area contributed by atoms with Gasteiger partial charge in [-0.2, -0.15) is 0 Å². The first-order valence-electron chi connectivity index (χ1n) is 4.02. The molecule has 0 bridgehead atoms. The van der Waals surface area contributed by atoms with Crippen LogP contribution in [0, 0.1) is 6.92 Å². The highest BCUT2D eigenvalue weighted by atomic mass is 16.5. The summed E-state index contributed by atoms with van der Waals surface area (Å²) in [5.74, 6) is 0.953. The molecular weight excluding hydrogens is 148 g/mol. The van der Waals surface area contributed by atoms with Crippen molar-refractivity contribution in [2.75, 3.05) is 7.11 Å². The number of rotatable bonds is 3. The Hall–Kier alpha value is -1.24. The Labute approximate surface area is 73.7 Å². The monoisotopic (exact) mass is 162 g/mol. The number of benzene rings is 1. The van der Waals surface area contributed by atoms with Crippen molar-refractivity contribution >= 4 is 0 Å². The first-order valence-corrected chi connectivity index (χ1v) is 4.02. The molecule has 0 aliphatic rings. The normalized spacial score (nSPS) is 9.50. The summed E-state index contributed by atoms with van der Waals surface area (Å²) in [4.78, 5) is 0. The quantitative estimate of drug-likeness (QED) is 0.621. The Bertz CT molecular complexity index is 276. The Kier molecular flexibility index (Phi) is 2.92. The van der Waals surface area contributed by atoms with Gasteiger partial charge in [0, 0.05) is 0 Å². The Morgan fingerprint density at radius 2 is 2.25 bits per heavy atom. The molecule has 1 aromatic carbocycles. The van der Waals surface area contributed by atoms with E-state index in [1.807, 2.05) is 13.0 Å². The Balaban J connectivity index is 2.96. The maximum absolute atomic E-state index is 5.20. The molecule has 0 saturated heterocycles. The lowest BCUT2D eigenvalue weighted by Gasteiger charge is -2.05. The summed E-state index contributed by atoms with van der Waals surface area (Å²) in [5, 5.41) is 0. The van der Waals surface area contributed by atoms with E-state index in [0.29, 0.717) is 0 Å². The molecule has 0 heterocycles. The van der Waals surface area contributed by atoms with E-state index >= 15 is 0 Å². The molecular formula is C11H14O. The van der Waals surface area contributed by atoms with Crippen LogP contribution in [0.4, 0.5) is 0 Å². The van der Waals surface area contributed by atoms with Gasteiger partial charge in [0.1, 0.15) is 5.75 Å². The van der Waals surface area contributed by atoms with E-state index in [1.165, 1.54) is 11.1 Å². The van der Waals surface area contributed by atoms with E-state index in [0.717, 1.165) is 12.2 Å². The van der Waals surface area contributed by atoms with Gasteiger partial charge in [0.25, 0.3) is 0 Å². The van der Waals surface area contributed by atoms with Crippen molar-refractivity contribution in [1.82, 2.24) is 0 Å². The average Bonchev–Trinajstić information content (AvgIpc) is 2.09. The molecule has 0 aromatic heterocycles. The van der Waals surface area contributed by atoms with Gasteiger partial charge in [-0.15, -0.1) is 6.58 Å². The first-order chi connectivity index (χ1) is 5.77. The molecule has 0 spiro atoms. The number of hydrogen-bond donors (Lipinski definition) is 0. The lowest BCUT2D eigenvalue weighted by Crippen LogP contribution is -1.89. The van der Waals surface area contributed by atoms with E-state index in [-0.39, 0.29) is 0 Å². The minimum absolute atomic E-state index is 0.899. The lowest BCUT2D eigenvalue weighted by molar-refractivity contribution is 0.411. The topological polar surface area (TPSA) is 9.23 Å². The number of ether oxygens (including phenoxy) is 1. The van der Waals surface area contributed by atoms with Crippen LogP contribution in [-0.4, -0.2) is 7.11 Å². The molecule has 0 fully saturated rings. The van der Waals surface area contributed by atoms with Gasteiger partial charge in [-0.1, -0.05) is 18.2 Å². The number of allylic oxidation sites excluding steroid dienone is 1. The van der Waals surface area contributed by atoms with Crippen molar-refractivity contribution in [3.8, 4) is 5.75 Å². The van der Waals surface area contributed by atoms with Gasteiger partial charge in [0.05, 0.1) is 7.11 Å². The van der Waals surface area contributed by atoms with Gasteiger partial charge in [0.15, 0.2) is 0 Å². The zero-order valence-electron chi connectivity index (χ0n) is 7.63. The van der Waals surface area contributed by atoms with E-state index < -0.39 is 0 Å². The highest BCUT2D eigenvalue weighted by molar-refractivity contribution is 5.37. The van der Waals surface area contributed by atoms with E-state index in [9.17, 15) is 0 Å². The van der Waals surface area contributed by atoms with Crippen LogP contribution in [0.5, 0.6) is 5.75 Å². The summed E-state index contributed by atoms with van der Waals surface area (Å²) >= 11 is 0. The van der Waals surface area contributed by atoms with E-state index in [1.54, 1.807) is 7.11 Å². The molecule has 0 amide bonds. The molecule has 1 rings (SSSR count). The van der Waals surface area contributed by atoms with Crippen molar-refractivity contribution in [3.05, 3.63) is 42.0 Å². The van der Waals surface area contributed by atoms with Crippen molar-refractivity contribution in [3.63, 3.8) is 0 Å². The molecule has 1 heteroatoms. The van der Waals surface area contributed by atoms with Gasteiger partial charge in [-0.25, -0.2) is 0 Å². The van der Waals surface area contributed by atoms with E-state index in [4.69, 9.17) is 4.74 Å². The van der Waals surface area contributed by atoms with Crippen molar-refractivity contribution in [2.45, 2.75) is 13.3 Å². The third-order valence-corrected chi connectivity index (χ3v) is 1.85. The van der Waals surface area contributed by atoms with Crippen molar-refractivity contribution < 1.29 is 4.74 Å². The smallest absolute Gasteiger partial charge is 0.122 e. The summed E-state index contributed by atoms with van der Waals surface area (Å²) in [6.07, 6.45) is 2.79. The zero-order chi connectivity index (χ0) is 8.97. The number of aryl methyl sites for hydroxylation is 1. The lowest BCUT2D eigenvalue weighted by atomic mass is 10.1. The molecule has 12 heavy (non-hydrogen) atoms. The fraction of sp³-hybridized carbons (Fsp3) is 0.273. The Morgan fingerprint density at radius 1 is 1.50 bits per heavy atom. The summed E-state index contributed by atoms with van der Waals surface area (Å²) in [7, 11) is 1.69. The van der Waals surface area contributed by atoms with Crippen LogP contribution in [0.3, 0.4) is 0 Å². The van der Waals surface area contributed by atoms with Gasteiger partial charge in [0.2, 0.25) is 0 Å². The van der Waals surface area contributed by atoms with Crippen LogP contribution in [0.2, 0.25) is 0 Å². The average molecular weight is 162 g/mol. The molecule has 0 N–H and O–H groups in total. The second-order valence-corrected chi connectivity index (χ2v) is 2.80. The Morgan fingerprint density at radius 3 is 2.83 bits per heavy atom. The second kappa shape index (κ2) is 3.96. The SMILES string of the molecule is C=CCc1ccc(C)c(OC)c1. The predicted octanol–water partition coefficient (Wildman–Crippen LogP) is 2.73. The summed E-state index contributed by atoms with van der Waals surface area (Å²) < 4.78 is 5.20. The maximum atomic E-state index is 5.20. The molecule has 0 radical (unpaired) electrons. The van der Waals surface area contributed by atoms with Gasteiger partial charge in [-0.05, 0) is 30.5 Å². The molecule has 0 aliphatic heterocycles. The van der Waals surface area contributed by atoms with E-state index in [2.05, 4.69) is 24.8 Å². The fourth-order valence-corrected chi connectivity index (χ4v) is 1.16. The number of hydrogen-bond acceptors (Lipinski definition) is 1. The standard InChI is InChI=1S/C11H14O/c1-4-5-10-7-6-9(2)11(8-10)12-3/h4,6-8H,1,5H2,2-3H3. The molecule has 0 unspecified atom stereocenters. The summed E-state index contributed by atoms with van der Waals surface area (Å²) in [5.41, 5.74) is 2.41. The van der Waals surface area contributed by atoms with Gasteiger partial charge >= 0.3 is 0 Å². The van der Waals surface area contributed by atoms with Crippen LogP contribution >= 0.6 is 0 Å². The van der Waals surface area contributed by atoms with Gasteiger partial charge < -0.3 is 4.74 Å². The van der Waals surface area contributed by atoms with Crippen LogP contribution in [0.1, 0.15) is 11.1 Å². The summed E-state index contributed by atoms with van der Waals surface area (Å²) in [6, 6.07) is 6.22. The van der Waals surface area contributed by atoms with Crippen LogP contribution in [0.25, 0.3) is 0 Å².